The standard InChI is InChI=1S/C66H40B2N4O3/c1-6-19-41(20-7-1)69(42-21-8-2-9-22-42)46-33-35-49-55(37-46)74-58-40-59-62-66-61(58)67(49)51-30-18-31-53-63(51)72(66)64-52(39-57-60(48-29-16-17-32-54(48)73-57)65(64)71(53)45-27-14-5-15-28-45)68(62)50-36-34-47(38-56(50)75-59)70(43-23-10-3-11-24-43)44-25-12-4-13-26-44/h1-40H. The summed E-state index contributed by atoms with van der Waals surface area (Å²) in [5.74, 6) is 3.18. The van der Waals surface area contributed by atoms with Crippen molar-refractivity contribution in [1.82, 2.24) is 0 Å². The van der Waals surface area contributed by atoms with Gasteiger partial charge in [0, 0.05) is 69.1 Å². The van der Waals surface area contributed by atoms with Crippen LogP contribution in [0.5, 0.6) is 23.0 Å². The fourth-order valence-electron chi connectivity index (χ4n) is 13.1. The van der Waals surface area contributed by atoms with Gasteiger partial charge in [-0.25, -0.2) is 0 Å². The number of fused-ring (bicyclic) bond motifs is 10. The molecule has 7 nitrogen and oxygen atoms in total. The number of rotatable bonds is 7. The molecule has 5 aliphatic heterocycles. The summed E-state index contributed by atoms with van der Waals surface area (Å²) >= 11 is 0. The Morgan fingerprint density at radius 1 is 0.320 bits per heavy atom. The van der Waals surface area contributed by atoms with Gasteiger partial charge in [0.1, 0.15) is 34.2 Å². The third kappa shape index (κ3) is 5.66. The Balaban J connectivity index is 0.956. The second-order valence-electron chi connectivity index (χ2n) is 19.9. The van der Waals surface area contributed by atoms with E-state index in [2.05, 4.69) is 262 Å². The van der Waals surface area contributed by atoms with Gasteiger partial charge in [-0.1, -0.05) is 133 Å². The summed E-state index contributed by atoms with van der Waals surface area (Å²) in [6.07, 6.45) is 0. The van der Waals surface area contributed by atoms with Crippen molar-refractivity contribution < 1.29 is 13.9 Å². The Kier molecular flexibility index (Phi) is 8.33. The maximum atomic E-state index is 7.42. The average molecular weight is 959 g/mol. The van der Waals surface area contributed by atoms with Crippen molar-refractivity contribution in [2.24, 2.45) is 0 Å². The Labute approximate surface area is 433 Å². The average Bonchev–Trinajstić information content (AvgIpc) is 4.01. The molecule has 0 unspecified atom stereocenters. The summed E-state index contributed by atoms with van der Waals surface area (Å²) in [5, 5.41) is 2.16. The second kappa shape index (κ2) is 15.3. The van der Waals surface area contributed by atoms with Crippen LogP contribution in [0.15, 0.2) is 247 Å². The summed E-state index contributed by atoms with van der Waals surface area (Å²) in [5.41, 5.74) is 21.5. The van der Waals surface area contributed by atoms with Crippen molar-refractivity contribution >= 4 is 136 Å². The van der Waals surface area contributed by atoms with Gasteiger partial charge in [0.15, 0.2) is 0 Å². The number of benzene rings is 11. The van der Waals surface area contributed by atoms with Crippen LogP contribution in [-0.2, 0) is 0 Å². The van der Waals surface area contributed by atoms with Gasteiger partial charge in [-0.05, 0) is 124 Å². The highest BCUT2D eigenvalue weighted by Crippen LogP contribution is 2.60. The minimum absolute atomic E-state index is 0.153. The molecule has 6 heterocycles. The number of anilines is 12. The van der Waals surface area contributed by atoms with Crippen molar-refractivity contribution in [3.05, 3.63) is 243 Å². The zero-order valence-corrected chi connectivity index (χ0v) is 40.3. The Morgan fingerprint density at radius 2 is 0.827 bits per heavy atom. The molecule has 5 aliphatic rings. The molecule has 0 saturated carbocycles. The van der Waals surface area contributed by atoms with Crippen LogP contribution >= 0.6 is 0 Å². The maximum absolute atomic E-state index is 7.42. The quantitative estimate of drug-likeness (QED) is 0.147. The van der Waals surface area contributed by atoms with E-state index in [0.29, 0.717) is 0 Å². The molecular formula is C66H40B2N4O3. The third-order valence-electron chi connectivity index (χ3n) is 16.0. The second-order valence-corrected chi connectivity index (χ2v) is 19.9. The number of hydrogen-bond acceptors (Lipinski definition) is 7. The van der Waals surface area contributed by atoms with Gasteiger partial charge in [-0.15, -0.1) is 0 Å². The number of hydrogen-bond donors (Lipinski definition) is 0. The lowest BCUT2D eigenvalue weighted by atomic mass is 9.29. The molecule has 0 atom stereocenters. The summed E-state index contributed by atoms with van der Waals surface area (Å²) in [6, 6.07) is 86.5. The van der Waals surface area contributed by atoms with E-state index in [1.54, 1.807) is 0 Å². The maximum Gasteiger partial charge on any atom is 0.256 e. The third-order valence-corrected chi connectivity index (χ3v) is 16.0. The molecule has 0 radical (unpaired) electrons. The summed E-state index contributed by atoms with van der Waals surface area (Å²) < 4.78 is 21.8. The smallest absolute Gasteiger partial charge is 0.256 e. The molecule has 348 valence electrons. The predicted molar refractivity (Wildman–Crippen MR) is 308 cm³/mol. The topological polar surface area (TPSA) is 44.6 Å². The van der Waals surface area contributed by atoms with Crippen LogP contribution < -0.4 is 61.9 Å². The molecule has 0 saturated heterocycles. The van der Waals surface area contributed by atoms with E-state index >= 15 is 0 Å². The van der Waals surface area contributed by atoms with Crippen LogP contribution in [-0.4, -0.2) is 13.4 Å². The van der Waals surface area contributed by atoms with Crippen molar-refractivity contribution in [3.8, 4) is 23.0 Å². The van der Waals surface area contributed by atoms with Gasteiger partial charge in [0.05, 0.1) is 28.1 Å². The van der Waals surface area contributed by atoms with Gasteiger partial charge >= 0.3 is 0 Å². The predicted octanol–water partition coefficient (Wildman–Crippen LogP) is 13.6. The van der Waals surface area contributed by atoms with Crippen LogP contribution in [0.25, 0.3) is 21.9 Å². The highest BCUT2D eigenvalue weighted by atomic mass is 16.5. The normalized spacial score (nSPS) is 13.4. The monoisotopic (exact) mass is 958 g/mol. The first-order valence-corrected chi connectivity index (χ1v) is 25.6. The number of ether oxygens (including phenoxy) is 2. The molecule has 11 aromatic carbocycles. The lowest BCUT2D eigenvalue weighted by Crippen LogP contribution is -2.67. The first kappa shape index (κ1) is 40.7. The minimum atomic E-state index is -0.221. The lowest BCUT2D eigenvalue weighted by molar-refractivity contribution is 0.466. The Hall–Kier alpha value is -9.85. The zero-order chi connectivity index (χ0) is 48.9. The van der Waals surface area contributed by atoms with Crippen LogP contribution in [0, 0.1) is 0 Å². The molecular weight excluding hydrogens is 918 g/mol. The molecule has 0 spiro atoms. The number of furan rings is 1. The molecule has 1 aromatic heterocycles. The van der Waals surface area contributed by atoms with Gasteiger partial charge in [-0.2, -0.15) is 0 Å². The summed E-state index contributed by atoms with van der Waals surface area (Å²) in [6.45, 7) is -0.373. The summed E-state index contributed by atoms with van der Waals surface area (Å²) in [7, 11) is 0. The van der Waals surface area contributed by atoms with Crippen molar-refractivity contribution in [2.45, 2.75) is 0 Å². The first-order valence-electron chi connectivity index (χ1n) is 25.6. The van der Waals surface area contributed by atoms with E-state index in [1.807, 2.05) is 0 Å². The Morgan fingerprint density at radius 3 is 1.39 bits per heavy atom. The van der Waals surface area contributed by atoms with Gasteiger partial charge in [-0.3, -0.25) is 0 Å². The van der Waals surface area contributed by atoms with E-state index in [0.717, 1.165) is 140 Å². The molecule has 17 rings (SSSR count). The molecule has 0 amide bonds. The fourth-order valence-corrected chi connectivity index (χ4v) is 13.1. The lowest BCUT2D eigenvalue weighted by Gasteiger charge is -2.52. The van der Waals surface area contributed by atoms with Crippen LogP contribution in [0.2, 0.25) is 0 Å². The largest absolute Gasteiger partial charge is 0.458 e. The molecule has 12 aromatic rings. The molecule has 75 heavy (non-hydrogen) atoms. The first-order chi connectivity index (χ1) is 37.2. The van der Waals surface area contributed by atoms with E-state index in [-0.39, 0.29) is 13.4 Å². The SMILES string of the molecule is c1ccc(N(c2ccccc2)c2ccc3c(c2)Oc2cc4c5c6c2B3c2cccc3c2N6c2c(cc6oc7ccccc7c6c2N3c2ccccc2)B5c2ccc(N(c3ccccc3)c3ccccc3)cc2O4)cc1. The highest BCUT2D eigenvalue weighted by Gasteiger charge is 2.54. The Bertz CT molecular complexity index is 4270. The summed E-state index contributed by atoms with van der Waals surface area (Å²) in [4.78, 5) is 9.68. The zero-order valence-electron chi connectivity index (χ0n) is 40.3. The minimum Gasteiger partial charge on any atom is -0.458 e. The van der Waals surface area contributed by atoms with E-state index < -0.39 is 0 Å². The van der Waals surface area contributed by atoms with Crippen molar-refractivity contribution in [2.75, 3.05) is 19.6 Å². The molecule has 0 fully saturated rings. The fraction of sp³-hybridized carbons (Fsp3) is 0. The van der Waals surface area contributed by atoms with E-state index in [4.69, 9.17) is 13.9 Å². The van der Waals surface area contributed by atoms with E-state index in [1.165, 1.54) is 5.46 Å². The molecule has 0 aliphatic carbocycles. The number of para-hydroxylation sites is 7. The highest BCUT2D eigenvalue weighted by molar-refractivity contribution is 7.04. The van der Waals surface area contributed by atoms with Gasteiger partial charge < -0.3 is 33.5 Å². The molecule has 0 bridgehead atoms. The van der Waals surface area contributed by atoms with Crippen LogP contribution in [0.1, 0.15) is 0 Å². The van der Waals surface area contributed by atoms with E-state index in [9.17, 15) is 0 Å². The van der Waals surface area contributed by atoms with Crippen LogP contribution in [0.3, 0.4) is 0 Å². The van der Waals surface area contributed by atoms with Crippen LogP contribution in [0.4, 0.5) is 68.2 Å². The van der Waals surface area contributed by atoms with Crippen molar-refractivity contribution in [3.63, 3.8) is 0 Å². The van der Waals surface area contributed by atoms with Crippen molar-refractivity contribution in [1.29, 1.82) is 0 Å². The molecule has 9 heteroatoms. The number of nitrogens with zero attached hydrogens (tertiary/aromatic N) is 4. The van der Waals surface area contributed by atoms with Gasteiger partial charge in [0.2, 0.25) is 0 Å². The molecule has 0 N–H and O–H groups in total. The van der Waals surface area contributed by atoms with Gasteiger partial charge in [0.25, 0.3) is 13.4 Å².